The number of esters is 2. The zero-order valence-electron chi connectivity index (χ0n) is 15.9. The van der Waals surface area contributed by atoms with E-state index in [2.05, 4.69) is 11.8 Å². The van der Waals surface area contributed by atoms with Crippen LogP contribution in [-0.4, -0.2) is 17.5 Å². The van der Waals surface area contributed by atoms with Crippen molar-refractivity contribution in [2.45, 2.75) is 39.2 Å². The van der Waals surface area contributed by atoms with E-state index in [0.717, 1.165) is 16.7 Å². The number of ether oxygens (including phenoxy) is 2. The van der Waals surface area contributed by atoms with E-state index in [1.807, 2.05) is 55.5 Å². The number of benzene rings is 2. The SMILES string of the molecule is Cc1cccc2c1OC(=O)[C@@H](C(=O)OC(C)(C)C)[C@@H]2C#Cc1ccccc1. The molecule has 0 radical (unpaired) electrons. The van der Waals surface area contributed by atoms with Gasteiger partial charge in [-0.2, -0.15) is 0 Å². The number of para-hydroxylation sites is 1. The Morgan fingerprint density at radius 3 is 2.44 bits per heavy atom. The second kappa shape index (κ2) is 7.28. The Morgan fingerprint density at radius 1 is 1.07 bits per heavy atom. The molecule has 0 spiro atoms. The minimum absolute atomic E-state index is 0.481. The van der Waals surface area contributed by atoms with E-state index >= 15 is 0 Å². The predicted molar refractivity (Wildman–Crippen MR) is 102 cm³/mol. The third-order valence-electron chi connectivity index (χ3n) is 4.17. The van der Waals surface area contributed by atoms with Gasteiger partial charge in [-0.1, -0.05) is 48.2 Å². The highest BCUT2D eigenvalue weighted by molar-refractivity contribution is 5.99. The molecule has 138 valence electrons. The second-order valence-electron chi connectivity index (χ2n) is 7.54. The number of hydrogen-bond donors (Lipinski definition) is 0. The summed E-state index contributed by atoms with van der Waals surface area (Å²) in [6.45, 7) is 7.16. The van der Waals surface area contributed by atoms with Crippen molar-refractivity contribution >= 4 is 11.9 Å². The number of carbonyl (C=O) groups excluding carboxylic acids is 2. The third kappa shape index (κ3) is 4.20. The fraction of sp³-hybridized carbons (Fsp3) is 0.304. The van der Waals surface area contributed by atoms with Crippen molar-refractivity contribution in [3.05, 3.63) is 65.2 Å². The molecule has 0 fully saturated rings. The Bertz CT molecular complexity index is 926. The Hall–Kier alpha value is -3.06. The Balaban J connectivity index is 2.07. The van der Waals surface area contributed by atoms with Gasteiger partial charge in [0.15, 0.2) is 5.92 Å². The zero-order chi connectivity index (χ0) is 19.6. The summed E-state index contributed by atoms with van der Waals surface area (Å²) in [5.41, 5.74) is 1.67. The first-order valence-electron chi connectivity index (χ1n) is 8.87. The number of hydrogen-bond acceptors (Lipinski definition) is 4. The maximum absolute atomic E-state index is 12.7. The summed E-state index contributed by atoms with van der Waals surface area (Å²) in [5.74, 6) is 3.69. The van der Waals surface area contributed by atoms with E-state index in [0.29, 0.717) is 5.75 Å². The van der Waals surface area contributed by atoms with Crippen molar-refractivity contribution in [1.82, 2.24) is 0 Å². The van der Waals surface area contributed by atoms with Gasteiger partial charge in [-0.25, -0.2) is 0 Å². The Morgan fingerprint density at radius 2 is 1.78 bits per heavy atom. The van der Waals surface area contributed by atoms with Crippen LogP contribution in [0.1, 0.15) is 43.4 Å². The van der Waals surface area contributed by atoms with E-state index < -0.39 is 29.4 Å². The predicted octanol–water partition coefficient (Wildman–Crippen LogP) is 4.01. The van der Waals surface area contributed by atoms with Crippen molar-refractivity contribution in [1.29, 1.82) is 0 Å². The van der Waals surface area contributed by atoms with E-state index in [9.17, 15) is 9.59 Å². The van der Waals surface area contributed by atoms with Crippen LogP contribution in [0.3, 0.4) is 0 Å². The first kappa shape index (κ1) is 18.7. The van der Waals surface area contributed by atoms with Crippen molar-refractivity contribution in [3.63, 3.8) is 0 Å². The molecule has 0 amide bonds. The average molecular weight is 362 g/mol. The van der Waals surface area contributed by atoms with Crippen LogP contribution in [0.5, 0.6) is 5.75 Å². The van der Waals surface area contributed by atoms with Gasteiger partial charge in [0.1, 0.15) is 11.4 Å². The van der Waals surface area contributed by atoms with E-state index in [1.54, 1.807) is 20.8 Å². The monoisotopic (exact) mass is 362 g/mol. The standard InChI is InChI=1S/C23H22O4/c1-15-9-8-12-18-17(14-13-16-10-6-5-7-11-16)19(21(24)26-20(15)18)22(25)27-23(2,3)4/h5-12,17,19H,1-4H3/t17-,19+/m1/s1. The molecule has 0 N–H and O–H groups in total. The van der Waals surface area contributed by atoms with Crippen LogP contribution in [0.2, 0.25) is 0 Å². The fourth-order valence-corrected chi connectivity index (χ4v) is 2.98. The highest BCUT2D eigenvalue weighted by atomic mass is 16.6. The second-order valence-corrected chi connectivity index (χ2v) is 7.54. The summed E-state index contributed by atoms with van der Waals surface area (Å²) in [6.07, 6.45) is 0. The van der Waals surface area contributed by atoms with Crippen molar-refractivity contribution in [2.75, 3.05) is 0 Å². The number of aryl methyl sites for hydroxylation is 1. The largest absolute Gasteiger partial charge is 0.459 e. The summed E-state index contributed by atoms with van der Waals surface area (Å²) < 4.78 is 11.0. The zero-order valence-corrected chi connectivity index (χ0v) is 15.9. The van der Waals surface area contributed by atoms with Gasteiger partial charge in [-0.3, -0.25) is 9.59 Å². The molecule has 0 saturated heterocycles. The molecule has 0 aliphatic carbocycles. The molecule has 3 rings (SSSR count). The summed E-state index contributed by atoms with van der Waals surface area (Å²) in [5, 5.41) is 0. The lowest BCUT2D eigenvalue weighted by molar-refractivity contribution is -0.167. The number of rotatable bonds is 1. The highest BCUT2D eigenvalue weighted by Crippen LogP contribution is 2.40. The van der Waals surface area contributed by atoms with Crippen LogP contribution in [-0.2, 0) is 14.3 Å². The number of carbonyl (C=O) groups is 2. The average Bonchev–Trinajstić information content (AvgIpc) is 2.59. The van der Waals surface area contributed by atoms with Crippen LogP contribution in [0.25, 0.3) is 0 Å². The van der Waals surface area contributed by atoms with Gasteiger partial charge >= 0.3 is 11.9 Å². The molecule has 0 saturated carbocycles. The highest BCUT2D eigenvalue weighted by Gasteiger charge is 2.44. The molecule has 0 unspecified atom stereocenters. The molecule has 27 heavy (non-hydrogen) atoms. The molecule has 1 aliphatic rings. The van der Waals surface area contributed by atoms with Gasteiger partial charge in [0, 0.05) is 11.1 Å². The summed E-state index contributed by atoms with van der Waals surface area (Å²) in [4.78, 5) is 25.4. The van der Waals surface area contributed by atoms with Gasteiger partial charge in [-0.15, -0.1) is 0 Å². The molecule has 2 aromatic rings. The molecular formula is C23H22O4. The molecule has 2 atom stereocenters. The van der Waals surface area contributed by atoms with Gasteiger partial charge in [0.2, 0.25) is 0 Å². The van der Waals surface area contributed by atoms with Crippen LogP contribution in [0, 0.1) is 24.7 Å². The molecule has 1 aliphatic heterocycles. The molecule has 4 nitrogen and oxygen atoms in total. The van der Waals surface area contributed by atoms with Crippen LogP contribution in [0.15, 0.2) is 48.5 Å². The number of fused-ring (bicyclic) bond motifs is 1. The summed E-state index contributed by atoms with van der Waals surface area (Å²) >= 11 is 0. The Kier molecular flexibility index (Phi) is 5.05. The fourth-order valence-electron chi connectivity index (χ4n) is 2.98. The smallest absolute Gasteiger partial charge is 0.327 e. The lowest BCUT2D eigenvalue weighted by Crippen LogP contribution is -2.40. The lowest BCUT2D eigenvalue weighted by Gasteiger charge is -2.30. The first-order chi connectivity index (χ1) is 12.8. The van der Waals surface area contributed by atoms with Gasteiger partial charge < -0.3 is 9.47 Å². The van der Waals surface area contributed by atoms with Crippen LogP contribution in [0.4, 0.5) is 0 Å². The van der Waals surface area contributed by atoms with E-state index in [-0.39, 0.29) is 0 Å². The third-order valence-corrected chi connectivity index (χ3v) is 4.17. The maximum Gasteiger partial charge on any atom is 0.327 e. The quantitative estimate of drug-likeness (QED) is 0.333. The summed E-state index contributed by atoms with van der Waals surface area (Å²) in [7, 11) is 0. The molecule has 4 heteroatoms. The van der Waals surface area contributed by atoms with E-state index in [1.165, 1.54) is 0 Å². The molecule has 0 aromatic heterocycles. The van der Waals surface area contributed by atoms with Crippen LogP contribution >= 0.6 is 0 Å². The summed E-state index contributed by atoms with van der Waals surface area (Å²) in [6, 6.07) is 15.0. The van der Waals surface area contributed by atoms with Gasteiger partial charge in [-0.05, 0) is 45.4 Å². The normalized spacial score (nSPS) is 18.6. The van der Waals surface area contributed by atoms with Crippen LogP contribution < -0.4 is 4.74 Å². The minimum Gasteiger partial charge on any atom is -0.459 e. The minimum atomic E-state index is -1.12. The molecule has 0 bridgehead atoms. The molecule has 2 aromatic carbocycles. The Labute approximate surface area is 159 Å². The topological polar surface area (TPSA) is 52.6 Å². The van der Waals surface area contributed by atoms with E-state index in [4.69, 9.17) is 9.47 Å². The van der Waals surface area contributed by atoms with Gasteiger partial charge in [0.05, 0.1) is 5.92 Å². The van der Waals surface area contributed by atoms with Gasteiger partial charge in [0.25, 0.3) is 0 Å². The van der Waals surface area contributed by atoms with Crippen molar-refractivity contribution < 1.29 is 19.1 Å². The molecule has 1 heterocycles. The maximum atomic E-state index is 12.7. The van der Waals surface area contributed by atoms with Crippen molar-refractivity contribution in [3.8, 4) is 17.6 Å². The van der Waals surface area contributed by atoms with Crippen molar-refractivity contribution in [2.24, 2.45) is 5.92 Å². The first-order valence-corrected chi connectivity index (χ1v) is 8.87. The lowest BCUT2D eigenvalue weighted by atomic mass is 9.82. The molecular weight excluding hydrogens is 340 g/mol.